The highest BCUT2D eigenvalue weighted by Gasteiger charge is 2.14. The molecule has 4 heteroatoms. The van der Waals surface area contributed by atoms with E-state index in [4.69, 9.17) is 9.47 Å². The lowest BCUT2D eigenvalue weighted by molar-refractivity contribution is 0.171. The largest absolute Gasteiger partial charge is 0.486 e. The highest BCUT2D eigenvalue weighted by atomic mass is 16.6. The van der Waals surface area contributed by atoms with Crippen molar-refractivity contribution < 1.29 is 9.47 Å². The summed E-state index contributed by atoms with van der Waals surface area (Å²) < 4.78 is 11.2. The van der Waals surface area contributed by atoms with Gasteiger partial charge in [-0.05, 0) is 37.4 Å². The lowest BCUT2D eigenvalue weighted by Gasteiger charge is -2.24. The van der Waals surface area contributed by atoms with E-state index in [-0.39, 0.29) is 0 Å². The van der Waals surface area contributed by atoms with Gasteiger partial charge in [-0.1, -0.05) is 36.4 Å². The van der Waals surface area contributed by atoms with Gasteiger partial charge < -0.3 is 19.7 Å². The molecule has 1 N–H and O–H groups in total. The SMILES string of the molecule is CN(C)CC(NCc1ccc2c(c1)OCCO2)c1ccccc1. The third-order valence-electron chi connectivity index (χ3n) is 3.91. The van der Waals surface area contributed by atoms with Crippen LogP contribution < -0.4 is 14.8 Å². The summed E-state index contributed by atoms with van der Waals surface area (Å²) in [6.07, 6.45) is 0. The Labute approximate surface area is 138 Å². The minimum atomic E-state index is 0.291. The Bertz CT molecular complexity index is 629. The Kier molecular flexibility index (Phi) is 5.16. The van der Waals surface area contributed by atoms with Crippen LogP contribution in [0.25, 0.3) is 0 Å². The summed E-state index contributed by atoms with van der Waals surface area (Å²) in [7, 11) is 4.20. The number of ether oxygens (including phenoxy) is 2. The van der Waals surface area contributed by atoms with Gasteiger partial charge in [-0.3, -0.25) is 0 Å². The topological polar surface area (TPSA) is 33.7 Å². The van der Waals surface area contributed by atoms with Gasteiger partial charge in [0.15, 0.2) is 11.5 Å². The van der Waals surface area contributed by atoms with Crippen molar-refractivity contribution in [2.24, 2.45) is 0 Å². The molecule has 0 spiro atoms. The van der Waals surface area contributed by atoms with Crippen LogP contribution >= 0.6 is 0 Å². The molecular weight excluding hydrogens is 288 g/mol. The van der Waals surface area contributed by atoms with Crippen molar-refractivity contribution in [3.63, 3.8) is 0 Å². The molecule has 0 radical (unpaired) electrons. The molecule has 0 saturated carbocycles. The van der Waals surface area contributed by atoms with Crippen LogP contribution in [0.4, 0.5) is 0 Å². The van der Waals surface area contributed by atoms with E-state index in [2.05, 4.69) is 66.8 Å². The van der Waals surface area contributed by atoms with Gasteiger partial charge in [0, 0.05) is 19.1 Å². The van der Waals surface area contributed by atoms with Crippen molar-refractivity contribution in [2.75, 3.05) is 33.9 Å². The smallest absolute Gasteiger partial charge is 0.161 e. The number of nitrogens with one attached hydrogen (secondary N) is 1. The standard InChI is InChI=1S/C19H24N2O2/c1-21(2)14-17(16-6-4-3-5-7-16)20-13-15-8-9-18-19(12-15)23-11-10-22-18/h3-9,12,17,20H,10-11,13-14H2,1-2H3. The summed E-state index contributed by atoms with van der Waals surface area (Å²) in [5.74, 6) is 1.69. The second kappa shape index (κ2) is 7.49. The Hall–Kier alpha value is -2.04. The summed E-state index contributed by atoms with van der Waals surface area (Å²) >= 11 is 0. The molecule has 0 aromatic heterocycles. The molecule has 0 bridgehead atoms. The first kappa shape index (κ1) is 15.8. The van der Waals surface area contributed by atoms with Crippen LogP contribution in [0.5, 0.6) is 11.5 Å². The zero-order valence-electron chi connectivity index (χ0n) is 13.8. The first-order chi connectivity index (χ1) is 11.2. The van der Waals surface area contributed by atoms with Crippen LogP contribution in [0.1, 0.15) is 17.2 Å². The molecule has 1 heterocycles. The molecular formula is C19H24N2O2. The first-order valence-corrected chi connectivity index (χ1v) is 8.04. The van der Waals surface area contributed by atoms with Crippen molar-refractivity contribution >= 4 is 0 Å². The monoisotopic (exact) mass is 312 g/mol. The van der Waals surface area contributed by atoms with Crippen molar-refractivity contribution in [1.82, 2.24) is 10.2 Å². The van der Waals surface area contributed by atoms with E-state index in [0.29, 0.717) is 19.3 Å². The van der Waals surface area contributed by atoms with Gasteiger partial charge >= 0.3 is 0 Å². The molecule has 1 atom stereocenters. The maximum atomic E-state index is 5.66. The van der Waals surface area contributed by atoms with Crippen molar-refractivity contribution in [3.8, 4) is 11.5 Å². The van der Waals surface area contributed by atoms with Crippen LogP contribution in [0, 0.1) is 0 Å². The van der Waals surface area contributed by atoms with E-state index in [1.807, 2.05) is 6.07 Å². The Morgan fingerprint density at radius 1 is 1.00 bits per heavy atom. The van der Waals surface area contributed by atoms with Crippen molar-refractivity contribution in [1.29, 1.82) is 0 Å². The van der Waals surface area contributed by atoms with Crippen LogP contribution in [0.15, 0.2) is 48.5 Å². The normalized spacial score (nSPS) is 14.7. The molecule has 1 unspecified atom stereocenters. The average molecular weight is 312 g/mol. The summed E-state index contributed by atoms with van der Waals surface area (Å²) in [6.45, 7) is 3.00. The fourth-order valence-corrected chi connectivity index (χ4v) is 2.78. The lowest BCUT2D eigenvalue weighted by atomic mass is 10.1. The number of fused-ring (bicyclic) bond motifs is 1. The molecule has 1 aliphatic rings. The second-order valence-electron chi connectivity index (χ2n) is 6.08. The molecule has 2 aromatic carbocycles. The molecule has 122 valence electrons. The Morgan fingerprint density at radius 2 is 1.74 bits per heavy atom. The zero-order chi connectivity index (χ0) is 16.1. The summed E-state index contributed by atoms with van der Waals surface area (Å²) in [6, 6.07) is 17.0. The highest BCUT2D eigenvalue weighted by Crippen LogP contribution is 2.30. The van der Waals surface area contributed by atoms with Crippen LogP contribution in [0.3, 0.4) is 0 Å². The number of nitrogens with zero attached hydrogens (tertiary/aromatic N) is 1. The molecule has 23 heavy (non-hydrogen) atoms. The Balaban J connectivity index is 1.69. The third-order valence-corrected chi connectivity index (χ3v) is 3.91. The fourth-order valence-electron chi connectivity index (χ4n) is 2.78. The molecule has 0 amide bonds. The van der Waals surface area contributed by atoms with E-state index in [1.165, 1.54) is 11.1 Å². The van der Waals surface area contributed by atoms with Gasteiger partial charge in [-0.25, -0.2) is 0 Å². The quantitative estimate of drug-likeness (QED) is 0.889. The van der Waals surface area contributed by atoms with E-state index in [9.17, 15) is 0 Å². The second-order valence-corrected chi connectivity index (χ2v) is 6.08. The predicted octanol–water partition coefficient (Wildman–Crippen LogP) is 2.85. The maximum Gasteiger partial charge on any atom is 0.161 e. The minimum Gasteiger partial charge on any atom is -0.486 e. The van der Waals surface area contributed by atoms with E-state index < -0.39 is 0 Å². The average Bonchev–Trinajstić information content (AvgIpc) is 2.59. The molecule has 0 aliphatic carbocycles. The minimum absolute atomic E-state index is 0.291. The van der Waals surface area contributed by atoms with E-state index in [1.54, 1.807) is 0 Å². The number of hydrogen-bond donors (Lipinski definition) is 1. The van der Waals surface area contributed by atoms with E-state index >= 15 is 0 Å². The fraction of sp³-hybridized carbons (Fsp3) is 0.368. The molecule has 4 nitrogen and oxygen atoms in total. The molecule has 3 rings (SSSR count). The highest BCUT2D eigenvalue weighted by molar-refractivity contribution is 5.43. The van der Waals surface area contributed by atoms with Crippen LogP contribution in [-0.4, -0.2) is 38.8 Å². The van der Waals surface area contributed by atoms with E-state index in [0.717, 1.165) is 24.6 Å². The zero-order valence-corrected chi connectivity index (χ0v) is 13.8. The van der Waals surface area contributed by atoms with Crippen molar-refractivity contribution in [2.45, 2.75) is 12.6 Å². The van der Waals surface area contributed by atoms with Gasteiger partial charge in [0.2, 0.25) is 0 Å². The number of likely N-dealkylation sites (N-methyl/N-ethyl adjacent to an activating group) is 1. The maximum absolute atomic E-state index is 5.66. The first-order valence-electron chi connectivity index (χ1n) is 8.04. The molecule has 1 aliphatic heterocycles. The number of hydrogen-bond acceptors (Lipinski definition) is 4. The third kappa shape index (κ3) is 4.24. The summed E-state index contributed by atoms with van der Waals surface area (Å²) in [5.41, 5.74) is 2.51. The number of rotatable bonds is 6. The van der Waals surface area contributed by atoms with Crippen LogP contribution in [-0.2, 0) is 6.54 Å². The molecule has 0 saturated heterocycles. The molecule has 2 aromatic rings. The number of benzene rings is 2. The van der Waals surface area contributed by atoms with Gasteiger partial charge in [-0.2, -0.15) is 0 Å². The lowest BCUT2D eigenvalue weighted by Crippen LogP contribution is -2.31. The van der Waals surface area contributed by atoms with Crippen LogP contribution in [0.2, 0.25) is 0 Å². The Morgan fingerprint density at radius 3 is 2.48 bits per heavy atom. The van der Waals surface area contributed by atoms with Crippen molar-refractivity contribution in [3.05, 3.63) is 59.7 Å². The predicted molar refractivity (Wildman–Crippen MR) is 92.0 cm³/mol. The summed E-state index contributed by atoms with van der Waals surface area (Å²) in [4.78, 5) is 2.20. The molecule has 0 fully saturated rings. The van der Waals surface area contributed by atoms with Gasteiger partial charge in [0.05, 0.1) is 0 Å². The van der Waals surface area contributed by atoms with Gasteiger partial charge in [-0.15, -0.1) is 0 Å². The van der Waals surface area contributed by atoms with Gasteiger partial charge in [0.25, 0.3) is 0 Å². The summed E-state index contributed by atoms with van der Waals surface area (Å²) in [5, 5.41) is 3.65. The van der Waals surface area contributed by atoms with Gasteiger partial charge in [0.1, 0.15) is 13.2 Å².